The number of carbonyl (C=O) groups excluding carboxylic acids is 1. The molecule has 1 heterocycles. The second kappa shape index (κ2) is 8.71. The molecule has 6 N–H and O–H groups in total. The van der Waals surface area contributed by atoms with Gasteiger partial charge in [0.25, 0.3) is 15.9 Å². The maximum Gasteiger partial charge on any atom is 0.272 e. The van der Waals surface area contributed by atoms with E-state index in [1.807, 2.05) is 6.92 Å². The van der Waals surface area contributed by atoms with Crippen LogP contribution in [0.2, 0.25) is 0 Å². The van der Waals surface area contributed by atoms with Crippen molar-refractivity contribution in [1.29, 1.82) is 0 Å². The maximum absolute atomic E-state index is 13.7. The van der Waals surface area contributed by atoms with E-state index in [1.54, 1.807) is 12.1 Å². The fraction of sp³-hybridized carbons (Fsp3) is 0.0556. The van der Waals surface area contributed by atoms with Gasteiger partial charge in [0.2, 0.25) is 0 Å². The Morgan fingerprint density at radius 1 is 1.00 bits per heavy atom. The highest BCUT2D eigenvalue weighted by atomic mass is 32.2. The van der Waals surface area contributed by atoms with Crippen LogP contribution in [0, 0.1) is 12.7 Å². The Morgan fingerprint density at radius 2 is 1.63 bits per heavy atom. The number of rotatable bonds is 7. The second-order valence-corrected chi connectivity index (χ2v) is 7.77. The lowest BCUT2D eigenvalue weighted by molar-refractivity contribution is 0.0958. The molecule has 0 spiro atoms. The van der Waals surface area contributed by atoms with Crippen LogP contribution in [0.15, 0.2) is 59.8 Å². The highest BCUT2D eigenvalue weighted by Crippen LogP contribution is 2.21. The van der Waals surface area contributed by atoms with Gasteiger partial charge in [-0.2, -0.15) is 0 Å². The molecule has 2 aromatic carbocycles. The van der Waals surface area contributed by atoms with Gasteiger partial charge >= 0.3 is 0 Å². The van der Waals surface area contributed by atoms with Crippen molar-refractivity contribution in [1.82, 2.24) is 20.2 Å². The summed E-state index contributed by atoms with van der Waals surface area (Å²) >= 11 is 0. The minimum atomic E-state index is -3.88. The van der Waals surface area contributed by atoms with Crippen molar-refractivity contribution in [2.45, 2.75) is 11.8 Å². The smallest absolute Gasteiger partial charge is 0.272 e. The summed E-state index contributed by atoms with van der Waals surface area (Å²) < 4.78 is 38.4. The first-order chi connectivity index (χ1) is 14.3. The number of halogens is 1. The molecule has 1 aromatic heterocycles. The normalized spacial score (nSPS) is 11.0. The van der Waals surface area contributed by atoms with Crippen LogP contribution in [0.5, 0.6) is 0 Å². The number of aryl methyl sites for hydroxylation is 1. The molecule has 1 amide bonds. The summed E-state index contributed by atoms with van der Waals surface area (Å²) in [5, 5.41) is 0. The lowest BCUT2D eigenvalue weighted by Crippen LogP contribution is -2.32. The number of hydrogen-bond acceptors (Lipinski definition) is 8. The Labute approximate surface area is 171 Å². The first kappa shape index (κ1) is 21.0. The molecule has 12 heteroatoms. The van der Waals surface area contributed by atoms with E-state index in [0.29, 0.717) is 0 Å². The zero-order valence-corrected chi connectivity index (χ0v) is 16.5. The van der Waals surface area contributed by atoms with Gasteiger partial charge in [-0.25, -0.2) is 22.8 Å². The minimum absolute atomic E-state index is 0.0216. The van der Waals surface area contributed by atoms with Gasteiger partial charge in [-0.05, 0) is 31.2 Å². The van der Waals surface area contributed by atoms with E-state index in [0.717, 1.165) is 18.0 Å². The summed E-state index contributed by atoms with van der Waals surface area (Å²) in [6.45, 7) is 1.84. The van der Waals surface area contributed by atoms with Crippen LogP contribution in [0.1, 0.15) is 15.9 Å². The number of carbonyl (C=O) groups is 1. The number of sulfonamides is 1. The van der Waals surface area contributed by atoms with Gasteiger partial charge in [0, 0.05) is 0 Å². The summed E-state index contributed by atoms with van der Waals surface area (Å²) in [7, 11) is -3.88. The maximum atomic E-state index is 13.7. The number of nitrogens with two attached hydrogens (primary N) is 1. The van der Waals surface area contributed by atoms with Gasteiger partial charge in [0.05, 0.1) is 10.5 Å². The Morgan fingerprint density at radius 3 is 2.30 bits per heavy atom. The molecule has 0 radical (unpaired) electrons. The van der Waals surface area contributed by atoms with E-state index in [9.17, 15) is 17.6 Å². The molecular weight excluding hydrogens is 413 g/mol. The van der Waals surface area contributed by atoms with Crippen LogP contribution in [0.25, 0.3) is 0 Å². The second-order valence-electron chi connectivity index (χ2n) is 6.09. The molecule has 0 fully saturated rings. The third kappa shape index (κ3) is 4.79. The molecule has 0 unspecified atom stereocenters. The van der Waals surface area contributed by atoms with Crippen molar-refractivity contribution in [3.63, 3.8) is 0 Å². The highest BCUT2D eigenvalue weighted by Gasteiger charge is 2.16. The Balaban J connectivity index is 1.68. The molecule has 10 nitrogen and oxygen atoms in total. The lowest BCUT2D eigenvalue weighted by Gasteiger charge is -2.14. The van der Waals surface area contributed by atoms with Gasteiger partial charge < -0.3 is 5.73 Å². The predicted octanol–water partition coefficient (Wildman–Crippen LogP) is 1.57. The third-order valence-electron chi connectivity index (χ3n) is 3.93. The van der Waals surface area contributed by atoms with Crippen LogP contribution in [0.4, 0.5) is 21.7 Å². The van der Waals surface area contributed by atoms with E-state index < -0.39 is 21.7 Å². The van der Waals surface area contributed by atoms with Crippen molar-refractivity contribution in [3.05, 3.63) is 71.8 Å². The Hall–Kier alpha value is -3.77. The van der Waals surface area contributed by atoms with Gasteiger partial charge in [-0.15, -0.1) is 4.83 Å². The number of nitrogen functional groups attached to an aromatic ring is 1. The fourth-order valence-electron chi connectivity index (χ4n) is 2.32. The molecule has 0 aliphatic heterocycles. The van der Waals surface area contributed by atoms with Crippen molar-refractivity contribution < 1.29 is 17.6 Å². The molecule has 156 valence electrons. The van der Waals surface area contributed by atoms with Crippen molar-refractivity contribution in [3.8, 4) is 0 Å². The van der Waals surface area contributed by atoms with Crippen molar-refractivity contribution in [2.24, 2.45) is 0 Å². The summed E-state index contributed by atoms with van der Waals surface area (Å²) in [6, 6.07) is 11.7. The summed E-state index contributed by atoms with van der Waals surface area (Å²) in [4.78, 5) is 22.0. The van der Waals surface area contributed by atoms with Crippen molar-refractivity contribution in [2.75, 3.05) is 16.6 Å². The first-order valence-corrected chi connectivity index (χ1v) is 10.0. The number of aromatic nitrogens is 2. The molecule has 0 bridgehead atoms. The van der Waals surface area contributed by atoms with E-state index in [1.165, 1.54) is 30.3 Å². The molecule has 30 heavy (non-hydrogen) atoms. The number of anilines is 3. The minimum Gasteiger partial charge on any atom is -0.393 e. The SMILES string of the molecule is Cc1ccc(S(=O)(=O)NNc2ncnc(NNC(=O)c3ccccc3F)c2N)cc1. The monoisotopic (exact) mass is 431 g/mol. The van der Waals surface area contributed by atoms with E-state index in [4.69, 9.17) is 5.73 Å². The zero-order chi connectivity index (χ0) is 21.7. The topological polar surface area (TPSA) is 151 Å². The fourth-order valence-corrected chi connectivity index (χ4v) is 3.16. The molecule has 0 aliphatic carbocycles. The number of hydrazine groups is 2. The summed E-state index contributed by atoms with van der Waals surface area (Å²) in [5.41, 5.74) is 13.7. The summed E-state index contributed by atoms with van der Waals surface area (Å²) in [5.74, 6) is -1.52. The van der Waals surface area contributed by atoms with Crippen molar-refractivity contribution >= 4 is 33.3 Å². The molecular formula is C18H18FN7O3S. The van der Waals surface area contributed by atoms with Gasteiger partial charge in [-0.1, -0.05) is 29.8 Å². The van der Waals surface area contributed by atoms with Gasteiger partial charge in [-0.3, -0.25) is 21.1 Å². The Bertz CT molecular complexity index is 1170. The first-order valence-electron chi connectivity index (χ1n) is 8.54. The molecule has 0 saturated heterocycles. The quantitative estimate of drug-likeness (QED) is 0.354. The van der Waals surface area contributed by atoms with E-state index >= 15 is 0 Å². The van der Waals surface area contributed by atoms with Crippen LogP contribution in [-0.4, -0.2) is 24.3 Å². The summed E-state index contributed by atoms with van der Waals surface area (Å²) in [6.07, 6.45) is 1.09. The number of amides is 1. The predicted molar refractivity (Wildman–Crippen MR) is 109 cm³/mol. The standard InChI is InChI=1S/C18H18FN7O3S/c1-11-6-8-12(9-7-11)30(28,29)26-24-17-15(20)16(21-10-22-17)23-25-18(27)13-4-2-3-5-14(13)19/h2-10,26H,20H2,1H3,(H,25,27)(H2,21,22,23,24). The molecule has 0 atom stereocenters. The number of benzene rings is 2. The van der Waals surface area contributed by atoms with Crippen LogP contribution < -0.4 is 26.8 Å². The average molecular weight is 431 g/mol. The highest BCUT2D eigenvalue weighted by molar-refractivity contribution is 7.89. The average Bonchev–Trinajstić information content (AvgIpc) is 2.72. The third-order valence-corrected chi connectivity index (χ3v) is 5.20. The number of hydrogen-bond donors (Lipinski definition) is 5. The molecule has 3 rings (SSSR count). The number of nitrogens with zero attached hydrogens (tertiary/aromatic N) is 2. The van der Waals surface area contributed by atoms with Crippen LogP contribution in [0.3, 0.4) is 0 Å². The molecule has 0 saturated carbocycles. The Kier molecular flexibility index (Phi) is 6.09. The lowest BCUT2D eigenvalue weighted by atomic mass is 10.2. The number of nitrogens with one attached hydrogen (secondary N) is 4. The van der Waals surface area contributed by atoms with E-state index in [2.05, 4.69) is 31.1 Å². The molecule has 0 aliphatic rings. The van der Waals surface area contributed by atoms with Gasteiger partial charge in [0.15, 0.2) is 11.6 Å². The van der Waals surface area contributed by atoms with Crippen LogP contribution in [-0.2, 0) is 10.0 Å². The zero-order valence-electron chi connectivity index (χ0n) is 15.7. The van der Waals surface area contributed by atoms with Gasteiger partial charge in [0.1, 0.15) is 17.8 Å². The largest absolute Gasteiger partial charge is 0.393 e. The van der Waals surface area contributed by atoms with Crippen LogP contribution >= 0.6 is 0 Å². The van der Waals surface area contributed by atoms with E-state index in [-0.39, 0.29) is 27.8 Å². The molecule has 3 aromatic rings.